The minimum atomic E-state index is -0.694. The second-order valence-electron chi connectivity index (χ2n) is 8.02. The van der Waals surface area contributed by atoms with Gasteiger partial charge >= 0.3 is 5.97 Å². The average Bonchev–Trinajstić information content (AvgIpc) is 3.17. The molecule has 2 aromatic heterocycles. The third kappa shape index (κ3) is 4.06. The summed E-state index contributed by atoms with van der Waals surface area (Å²) in [6.45, 7) is 3.76. The van der Waals surface area contributed by atoms with Crippen molar-refractivity contribution in [1.29, 1.82) is 0 Å². The summed E-state index contributed by atoms with van der Waals surface area (Å²) in [6.07, 6.45) is 5.18. The number of ether oxygens (including phenoxy) is 2. The Hall–Kier alpha value is -4.04. The monoisotopic (exact) mass is 485 g/mol. The molecule has 5 rings (SSSR count). The van der Waals surface area contributed by atoms with E-state index in [1.54, 1.807) is 37.9 Å². The molecule has 0 radical (unpaired) electrons. The largest absolute Gasteiger partial charge is 0.497 e. The van der Waals surface area contributed by atoms with Gasteiger partial charge in [0.15, 0.2) is 4.80 Å². The first-order valence-corrected chi connectivity index (χ1v) is 12.0. The summed E-state index contributed by atoms with van der Waals surface area (Å²) in [5, 5.41) is 1.86. The molecule has 7 nitrogen and oxygen atoms in total. The Balaban J connectivity index is 1.82. The Morgan fingerprint density at radius 1 is 1.17 bits per heavy atom. The van der Waals surface area contributed by atoms with Gasteiger partial charge in [0.2, 0.25) is 0 Å². The molecule has 0 spiro atoms. The van der Waals surface area contributed by atoms with Crippen LogP contribution >= 0.6 is 11.3 Å². The summed E-state index contributed by atoms with van der Waals surface area (Å²) in [7, 11) is 1.61. The molecular weight excluding hydrogens is 462 g/mol. The third-order valence-corrected chi connectivity index (χ3v) is 6.92. The maximum atomic E-state index is 13.8. The van der Waals surface area contributed by atoms with Gasteiger partial charge in [-0.05, 0) is 66.1 Å². The third-order valence-electron chi connectivity index (χ3n) is 5.94. The van der Waals surface area contributed by atoms with Crippen LogP contribution in [0.15, 0.2) is 82.0 Å². The summed E-state index contributed by atoms with van der Waals surface area (Å²) in [5.41, 5.74) is 2.33. The van der Waals surface area contributed by atoms with Crippen molar-refractivity contribution < 1.29 is 14.3 Å². The number of hydrogen-bond acceptors (Lipinski definition) is 7. The second kappa shape index (κ2) is 9.31. The Labute approximate surface area is 205 Å². The predicted molar refractivity (Wildman–Crippen MR) is 135 cm³/mol. The van der Waals surface area contributed by atoms with Crippen molar-refractivity contribution in [2.45, 2.75) is 19.9 Å². The van der Waals surface area contributed by atoms with Gasteiger partial charge in [0.1, 0.15) is 5.75 Å². The first-order valence-electron chi connectivity index (χ1n) is 11.2. The van der Waals surface area contributed by atoms with Crippen molar-refractivity contribution in [2.24, 2.45) is 4.99 Å². The number of esters is 1. The number of carbonyl (C=O) groups excluding carboxylic acids is 1. The number of fused-ring (bicyclic) bond motifs is 2. The van der Waals surface area contributed by atoms with Crippen LogP contribution in [0.5, 0.6) is 5.75 Å². The zero-order valence-electron chi connectivity index (χ0n) is 19.5. The van der Waals surface area contributed by atoms with Crippen molar-refractivity contribution in [3.8, 4) is 5.75 Å². The quantitative estimate of drug-likeness (QED) is 0.405. The number of rotatable bonds is 5. The topological polar surface area (TPSA) is 82.8 Å². The maximum absolute atomic E-state index is 13.8. The molecule has 0 amide bonds. The molecule has 8 heteroatoms. The van der Waals surface area contributed by atoms with Crippen molar-refractivity contribution in [2.75, 3.05) is 13.7 Å². The molecule has 0 fully saturated rings. The smallest absolute Gasteiger partial charge is 0.338 e. The SMILES string of the molecule is CCOC(=O)C1=C(C)N=c2s/c(=C/c3ccncc3)c(=O)n2C1c1cccc2ccc(OC)cc12. The summed E-state index contributed by atoms with van der Waals surface area (Å²) >= 11 is 1.30. The predicted octanol–water partition coefficient (Wildman–Crippen LogP) is 3.36. The molecule has 0 saturated carbocycles. The lowest BCUT2D eigenvalue weighted by molar-refractivity contribution is -0.139. The van der Waals surface area contributed by atoms with Gasteiger partial charge in [0, 0.05) is 12.4 Å². The van der Waals surface area contributed by atoms with Crippen LogP contribution in [0.1, 0.15) is 31.0 Å². The summed E-state index contributed by atoms with van der Waals surface area (Å²) in [6, 6.07) is 14.6. The molecule has 0 saturated heterocycles. The molecule has 35 heavy (non-hydrogen) atoms. The van der Waals surface area contributed by atoms with Gasteiger partial charge in [-0.1, -0.05) is 35.6 Å². The van der Waals surface area contributed by atoms with Gasteiger partial charge in [0.25, 0.3) is 5.56 Å². The molecule has 0 aliphatic carbocycles. The van der Waals surface area contributed by atoms with Crippen LogP contribution in [0, 0.1) is 0 Å². The van der Waals surface area contributed by atoms with E-state index in [1.807, 2.05) is 54.6 Å². The van der Waals surface area contributed by atoms with Crippen molar-refractivity contribution in [1.82, 2.24) is 9.55 Å². The normalized spacial score (nSPS) is 15.6. The number of carbonyl (C=O) groups is 1. The number of methoxy groups -OCH3 is 1. The van der Waals surface area contributed by atoms with E-state index in [-0.39, 0.29) is 12.2 Å². The molecule has 3 heterocycles. The molecule has 0 bridgehead atoms. The number of hydrogen-bond donors (Lipinski definition) is 0. The van der Waals surface area contributed by atoms with Crippen LogP contribution < -0.4 is 19.6 Å². The van der Waals surface area contributed by atoms with E-state index in [0.717, 1.165) is 21.9 Å². The van der Waals surface area contributed by atoms with Gasteiger partial charge in [0.05, 0.1) is 35.6 Å². The fourth-order valence-electron chi connectivity index (χ4n) is 4.34. The lowest BCUT2D eigenvalue weighted by Crippen LogP contribution is -2.40. The number of aromatic nitrogens is 2. The molecule has 0 N–H and O–H groups in total. The molecule has 2 aromatic carbocycles. The average molecular weight is 486 g/mol. The number of benzene rings is 2. The van der Waals surface area contributed by atoms with E-state index >= 15 is 0 Å². The van der Waals surface area contributed by atoms with Crippen molar-refractivity contribution >= 4 is 34.2 Å². The van der Waals surface area contributed by atoms with Gasteiger partial charge in [-0.25, -0.2) is 9.79 Å². The Morgan fingerprint density at radius 3 is 2.71 bits per heavy atom. The van der Waals surface area contributed by atoms with E-state index in [9.17, 15) is 9.59 Å². The lowest BCUT2D eigenvalue weighted by Gasteiger charge is -2.26. The van der Waals surface area contributed by atoms with Crippen LogP contribution in [0.3, 0.4) is 0 Å². The molecule has 4 aromatic rings. The van der Waals surface area contributed by atoms with Gasteiger partial charge in [-0.2, -0.15) is 0 Å². The van der Waals surface area contributed by atoms with E-state index < -0.39 is 12.0 Å². The van der Waals surface area contributed by atoms with E-state index in [2.05, 4.69) is 9.98 Å². The van der Waals surface area contributed by atoms with Crippen LogP contribution in [-0.2, 0) is 9.53 Å². The number of pyridine rings is 1. The number of nitrogens with zero attached hydrogens (tertiary/aromatic N) is 3. The van der Waals surface area contributed by atoms with Gasteiger partial charge < -0.3 is 9.47 Å². The van der Waals surface area contributed by atoms with Crippen LogP contribution in [0.25, 0.3) is 16.8 Å². The molecule has 176 valence electrons. The standard InChI is InChI=1S/C27H23N3O4S/c1-4-34-26(32)23-16(2)29-27-30(25(31)22(35-27)14-17-10-12-28-13-11-17)24(23)20-7-5-6-18-8-9-19(33-3)15-21(18)20/h5-15,24H,4H2,1-3H3/b22-14+. The fraction of sp³-hybridized carbons (Fsp3) is 0.185. The Kier molecular flexibility index (Phi) is 6.05. The van der Waals surface area contributed by atoms with E-state index in [4.69, 9.17) is 9.47 Å². The Morgan fingerprint density at radius 2 is 1.97 bits per heavy atom. The highest BCUT2D eigenvalue weighted by atomic mass is 32.1. The molecule has 1 atom stereocenters. The van der Waals surface area contributed by atoms with Crippen molar-refractivity contribution in [3.63, 3.8) is 0 Å². The maximum Gasteiger partial charge on any atom is 0.338 e. The van der Waals surface area contributed by atoms with Crippen LogP contribution in [-0.4, -0.2) is 29.2 Å². The minimum Gasteiger partial charge on any atom is -0.497 e. The van der Waals surface area contributed by atoms with Gasteiger partial charge in [-0.15, -0.1) is 0 Å². The first kappa shape index (κ1) is 22.7. The number of allylic oxidation sites excluding steroid dienone is 1. The summed E-state index contributed by atoms with van der Waals surface area (Å²) in [4.78, 5) is 36.2. The van der Waals surface area contributed by atoms with E-state index in [0.29, 0.717) is 26.4 Å². The summed E-state index contributed by atoms with van der Waals surface area (Å²) in [5.74, 6) is 0.204. The summed E-state index contributed by atoms with van der Waals surface area (Å²) < 4.78 is 13.0. The zero-order valence-corrected chi connectivity index (χ0v) is 20.3. The zero-order chi connectivity index (χ0) is 24.5. The highest BCUT2D eigenvalue weighted by molar-refractivity contribution is 7.07. The molecule has 1 aliphatic heterocycles. The highest BCUT2D eigenvalue weighted by Gasteiger charge is 2.34. The molecular formula is C27H23N3O4S. The molecule has 1 unspecified atom stereocenters. The van der Waals surface area contributed by atoms with Crippen molar-refractivity contribution in [3.05, 3.63) is 103 Å². The minimum absolute atomic E-state index is 0.218. The highest BCUT2D eigenvalue weighted by Crippen LogP contribution is 2.36. The second-order valence-corrected chi connectivity index (χ2v) is 9.03. The van der Waals surface area contributed by atoms with E-state index in [1.165, 1.54) is 11.3 Å². The molecule has 1 aliphatic rings. The fourth-order valence-corrected chi connectivity index (χ4v) is 5.38. The Bertz CT molecular complexity index is 1650. The first-order chi connectivity index (χ1) is 17.0. The lowest BCUT2D eigenvalue weighted by atomic mass is 9.91. The van der Waals surface area contributed by atoms with Crippen LogP contribution in [0.2, 0.25) is 0 Å². The van der Waals surface area contributed by atoms with Gasteiger partial charge in [-0.3, -0.25) is 14.3 Å². The van der Waals surface area contributed by atoms with Crippen LogP contribution in [0.4, 0.5) is 0 Å². The number of thiazole rings is 1.